The third-order valence-electron chi connectivity index (χ3n) is 3.37. The maximum absolute atomic E-state index is 13.1. The maximum atomic E-state index is 13.1. The van der Waals surface area contributed by atoms with Gasteiger partial charge in [-0.3, -0.25) is 0 Å². The first-order valence-corrected chi connectivity index (χ1v) is 6.72. The van der Waals surface area contributed by atoms with Crippen LogP contribution in [0.15, 0.2) is 18.2 Å². The normalized spacial score (nSPS) is 17.9. The van der Waals surface area contributed by atoms with Crippen LogP contribution in [0.3, 0.4) is 0 Å². The lowest BCUT2D eigenvalue weighted by atomic mass is 9.71. The third kappa shape index (κ3) is 2.40. The van der Waals surface area contributed by atoms with Gasteiger partial charge in [-0.25, -0.2) is 4.39 Å². The molecule has 88 valence electrons. The van der Waals surface area contributed by atoms with Crippen LogP contribution < -0.4 is 4.74 Å². The van der Waals surface area contributed by atoms with Crippen LogP contribution in [0.5, 0.6) is 5.75 Å². The van der Waals surface area contributed by atoms with Gasteiger partial charge in [-0.1, -0.05) is 22.4 Å². The van der Waals surface area contributed by atoms with Crippen molar-refractivity contribution in [3.8, 4) is 5.75 Å². The second kappa shape index (κ2) is 4.74. The van der Waals surface area contributed by atoms with E-state index in [0.717, 1.165) is 17.7 Å². The maximum Gasteiger partial charge on any atom is 0.126 e. The molecule has 0 bridgehead atoms. The molecule has 1 saturated carbocycles. The van der Waals surface area contributed by atoms with Gasteiger partial charge in [0.25, 0.3) is 0 Å². The largest absolute Gasteiger partial charge is 0.493 e. The third-order valence-corrected chi connectivity index (χ3v) is 4.56. The number of halogens is 2. The summed E-state index contributed by atoms with van der Waals surface area (Å²) >= 11 is 3.54. The van der Waals surface area contributed by atoms with Crippen LogP contribution in [-0.4, -0.2) is 11.9 Å². The fourth-order valence-corrected chi connectivity index (χ4v) is 2.66. The van der Waals surface area contributed by atoms with Crippen LogP contribution in [0.1, 0.15) is 24.8 Å². The van der Waals surface area contributed by atoms with E-state index in [-0.39, 0.29) is 5.82 Å². The van der Waals surface area contributed by atoms with Crippen molar-refractivity contribution in [3.63, 3.8) is 0 Å². The molecule has 0 aliphatic heterocycles. The van der Waals surface area contributed by atoms with E-state index in [2.05, 4.69) is 15.9 Å². The summed E-state index contributed by atoms with van der Waals surface area (Å²) in [5.41, 5.74) is 0.946. The fourth-order valence-electron chi connectivity index (χ4n) is 1.94. The first-order valence-electron chi connectivity index (χ1n) is 5.60. The van der Waals surface area contributed by atoms with E-state index in [9.17, 15) is 4.39 Å². The van der Waals surface area contributed by atoms with Gasteiger partial charge >= 0.3 is 0 Å². The molecule has 0 heterocycles. The van der Waals surface area contributed by atoms with E-state index >= 15 is 0 Å². The van der Waals surface area contributed by atoms with E-state index in [1.54, 1.807) is 19.1 Å². The molecule has 3 heteroatoms. The molecule has 1 aliphatic carbocycles. The van der Waals surface area contributed by atoms with Gasteiger partial charge in [0.15, 0.2) is 0 Å². The second-order valence-corrected chi connectivity index (χ2v) is 5.25. The van der Waals surface area contributed by atoms with Gasteiger partial charge in [-0.2, -0.15) is 0 Å². The highest BCUT2D eigenvalue weighted by Crippen LogP contribution is 2.42. The summed E-state index contributed by atoms with van der Waals surface area (Å²) in [6.07, 6.45) is 3.73. The van der Waals surface area contributed by atoms with E-state index in [1.165, 1.54) is 25.3 Å². The Bertz CT molecular complexity index is 369. The average Bonchev–Trinajstić information content (AvgIpc) is 2.22. The van der Waals surface area contributed by atoms with E-state index < -0.39 is 0 Å². The molecule has 0 spiro atoms. The number of hydrogen-bond donors (Lipinski definition) is 0. The lowest BCUT2D eigenvalue weighted by molar-refractivity contribution is 0.0837. The molecule has 0 unspecified atom stereocenters. The fraction of sp³-hybridized carbons (Fsp3) is 0.538. The molecule has 0 atom stereocenters. The molecule has 16 heavy (non-hydrogen) atoms. The summed E-state index contributed by atoms with van der Waals surface area (Å²) in [7, 11) is 0. The second-order valence-electron chi connectivity index (χ2n) is 4.69. The molecular formula is C13H16BrFO. The van der Waals surface area contributed by atoms with Crippen LogP contribution in [0.25, 0.3) is 0 Å². The predicted octanol–water partition coefficient (Wildman–Crippen LogP) is 4.08. The SMILES string of the molecule is Cc1cc(OCC2(CBr)CCC2)ccc1F. The van der Waals surface area contributed by atoms with E-state index in [1.807, 2.05) is 0 Å². The van der Waals surface area contributed by atoms with Crippen molar-refractivity contribution in [3.05, 3.63) is 29.6 Å². The van der Waals surface area contributed by atoms with Gasteiger partial charge in [-0.05, 0) is 43.5 Å². The summed E-state index contributed by atoms with van der Waals surface area (Å²) in [5.74, 6) is 0.595. The van der Waals surface area contributed by atoms with Gasteiger partial charge in [-0.15, -0.1) is 0 Å². The molecular weight excluding hydrogens is 271 g/mol. The number of ether oxygens (including phenoxy) is 1. The Morgan fingerprint density at radius 2 is 2.19 bits per heavy atom. The zero-order valence-electron chi connectivity index (χ0n) is 9.43. The summed E-state index contributed by atoms with van der Waals surface area (Å²) in [6, 6.07) is 4.92. The van der Waals surface area contributed by atoms with Crippen molar-refractivity contribution in [2.75, 3.05) is 11.9 Å². The number of benzene rings is 1. The molecule has 2 rings (SSSR count). The highest BCUT2D eigenvalue weighted by atomic mass is 79.9. The molecule has 1 aromatic rings. The lowest BCUT2D eigenvalue weighted by Gasteiger charge is -2.39. The number of alkyl halides is 1. The average molecular weight is 287 g/mol. The summed E-state index contributed by atoms with van der Waals surface area (Å²) in [6.45, 7) is 2.48. The van der Waals surface area contributed by atoms with Crippen LogP contribution >= 0.6 is 15.9 Å². The minimum atomic E-state index is -0.175. The zero-order chi connectivity index (χ0) is 11.6. The molecule has 0 aromatic heterocycles. The van der Waals surface area contributed by atoms with Crippen molar-refractivity contribution in [2.24, 2.45) is 5.41 Å². The highest BCUT2D eigenvalue weighted by Gasteiger charge is 2.36. The molecule has 1 aromatic carbocycles. The Kier molecular flexibility index (Phi) is 3.53. The van der Waals surface area contributed by atoms with Gasteiger partial charge in [0.2, 0.25) is 0 Å². The van der Waals surface area contributed by atoms with Crippen molar-refractivity contribution >= 4 is 15.9 Å². The lowest BCUT2D eigenvalue weighted by Crippen LogP contribution is -2.37. The van der Waals surface area contributed by atoms with Crippen molar-refractivity contribution in [1.29, 1.82) is 0 Å². The van der Waals surface area contributed by atoms with Crippen LogP contribution in [0, 0.1) is 18.2 Å². The molecule has 1 fully saturated rings. The minimum Gasteiger partial charge on any atom is -0.493 e. The van der Waals surface area contributed by atoms with Gasteiger partial charge in [0.1, 0.15) is 11.6 Å². The Labute approximate surface area is 104 Å². The van der Waals surface area contributed by atoms with Crippen molar-refractivity contribution in [1.82, 2.24) is 0 Å². The summed E-state index contributed by atoms with van der Waals surface area (Å²) in [5, 5.41) is 0.986. The number of hydrogen-bond acceptors (Lipinski definition) is 1. The topological polar surface area (TPSA) is 9.23 Å². The zero-order valence-corrected chi connectivity index (χ0v) is 11.0. The molecule has 1 aliphatic rings. The first kappa shape index (κ1) is 11.9. The van der Waals surface area contributed by atoms with Crippen LogP contribution in [0.2, 0.25) is 0 Å². The first-order chi connectivity index (χ1) is 7.65. The van der Waals surface area contributed by atoms with Crippen molar-refractivity contribution < 1.29 is 9.13 Å². The minimum absolute atomic E-state index is 0.175. The van der Waals surface area contributed by atoms with Gasteiger partial charge in [0, 0.05) is 10.7 Å². The highest BCUT2D eigenvalue weighted by molar-refractivity contribution is 9.09. The monoisotopic (exact) mass is 286 g/mol. The van der Waals surface area contributed by atoms with E-state index in [0.29, 0.717) is 11.0 Å². The molecule has 0 amide bonds. The van der Waals surface area contributed by atoms with Crippen LogP contribution in [-0.2, 0) is 0 Å². The molecule has 0 saturated heterocycles. The Hall–Kier alpha value is -0.570. The van der Waals surface area contributed by atoms with Gasteiger partial charge < -0.3 is 4.74 Å². The van der Waals surface area contributed by atoms with E-state index in [4.69, 9.17) is 4.74 Å². The van der Waals surface area contributed by atoms with Crippen LogP contribution in [0.4, 0.5) is 4.39 Å². The Morgan fingerprint density at radius 3 is 2.69 bits per heavy atom. The summed E-state index contributed by atoms with van der Waals surface area (Å²) < 4.78 is 18.8. The number of rotatable bonds is 4. The van der Waals surface area contributed by atoms with Gasteiger partial charge in [0.05, 0.1) is 6.61 Å². The standard InChI is InChI=1S/C13H16BrFO/c1-10-7-11(3-4-12(10)15)16-9-13(8-14)5-2-6-13/h3-4,7H,2,5-6,8-9H2,1H3. The molecule has 0 radical (unpaired) electrons. The quantitative estimate of drug-likeness (QED) is 0.758. The number of aryl methyl sites for hydroxylation is 1. The predicted molar refractivity (Wildman–Crippen MR) is 66.7 cm³/mol. The molecule has 1 nitrogen and oxygen atoms in total. The smallest absolute Gasteiger partial charge is 0.126 e. The molecule has 0 N–H and O–H groups in total. The van der Waals surface area contributed by atoms with Crippen molar-refractivity contribution in [2.45, 2.75) is 26.2 Å². The Morgan fingerprint density at radius 1 is 1.44 bits per heavy atom. The Balaban J connectivity index is 1.96. The summed E-state index contributed by atoms with van der Waals surface area (Å²) in [4.78, 5) is 0.